The number of anilines is 1. The number of aromatic nitrogens is 4. The quantitative estimate of drug-likeness (QED) is 0.481. The lowest BCUT2D eigenvalue weighted by Crippen LogP contribution is -2.65. The van der Waals surface area contributed by atoms with Gasteiger partial charge in [0.2, 0.25) is 0 Å². The van der Waals surface area contributed by atoms with Crippen LogP contribution in [0.15, 0.2) is 12.7 Å². The van der Waals surface area contributed by atoms with Crippen LogP contribution in [0.3, 0.4) is 0 Å². The highest BCUT2D eigenvalue weighted by molar-refractivity contribution is 8.14. The van der Waals surface area contributed by atoms with Gasteiger partial charge in [0, 0.05) is 6.92 Å². The number of nitrogen functional groups attached to an aromatic ring is 1. The molecule has 4 heterocycles. The van der Waals surface area contributed by atoms with E-state index >= 15 is 0 Å². The second-order valence-electron chi connectivity index (χ2n) is 11.3. The van der Waals surface area contributed by atoms with Gasteiger partial charge in [0.25, 0.3) is 0 Å². The molecule has 0 spiro atoms. The molecule has 0 aliphatic carbocycles. The van der Waals surface area contributed by atoms with E-state index in [1.165, 1.54) is 18.1 Å². The highest BCUT2D eigenvalue weighted by Crippen LogP contribution is 2.50. The molecule has 2 saturated heterocycles. The number of rotatable bonds is 6. The van der Waals surface area contributed by atoms with Crippen LogP contribution in [0.5, 0.6) is 0 Å². The summed E-state index contributed by atoms with van der Waals surface area (Å²) in [5.74, 6) is 0.298. The fourth-order valence-corrected chi connectivity index (χ4v) is 18.1. The van der Waals surface area contributed by atoms with Gasteiger partial charge in [-0.15, -0.1) is 0 Å². The summed E-state index contributed by atoms with van der Waals surface area (Å²) < 4.78 is 30.0. The number of imidazole rings is 1. The van der Waals surface area contributed by atoms with Gasteiger partial charge in [-0.25, -0.2) is 15.0 Å². The number of nitrogens with two attached hydrogens (primary N) is 1. The predicted octanol–water partition coefficient (Wildman–Crippen LogP) is 4.91. The van der Waals surface area contributed by atoms with E-state index in [0.717, 1.165) is 0 Å². The van der Waals surface area contributed by atoms with E-state index in [1.807, 2.05) is 4.57 Å². The fourth-order valence-electron chi connectivity index (χ4n) is 5.72. The first-order valence-corrected chi connectivity index (χ1v) is 17.9. The Hall–Kier alpha value is -1.36. The zero-order valence-corrected chi connectivity index (χ0v) is 26.1. The van der Waals surface area contributed by atoms with Crippen molar-refractivity contribution in [3.63, 3.8) is 0 Å². The third-order valence-corrected chi connectivity index (χ3v) is 18.9. The van der Waals surface area contributed by atoms with Crippen molar-refractivity contribution in [1.29, 1.82) is 0 Å². The Bertz CT molecular complexity index is 1110. The highest BCUT2D eigenvalue weighted by Gasteiger charge is 2.62. The first-order valence-electron chi connectivity index (χ1n) is 13.1. The largest absolute Gasteiger partial charge is 0.414 e. The predicted molar refractivity (Wildman–Crippen MR) is 150 cm³/mol. The van der Waals surface area contributed by atoms with Crippen molar-refractivity contribution in [2.75, 3.05) is 12.3 Å². The number of nitrogens with zero attached hydrogens (tertiary/aromatic N) is 4. The van der Waals surface area contributed by atoms with Crippen LogP contribution in [-0.4, -0.2) is 65.8 Å². The SMILES string of the molecule is CC(=O)SC1C2O[Si](C(C)C)(C(C)C)O[Si](C(C)C)(C(C)C)OCC2OC1n1cnc2c(N)ncnc21. The molecule has 0 amide bonds. The molecular formula is C24H41N5O5SSi2. The van der Waals surface area contributed by atoms with Gasteiger partial charge in [-0.05, 0) is 22.2 Å². The summed E-state index contributed by atoms with van der Waals surface area (Å²) >= 11 is 1.23. The monoisotopic (exact) mass is 567 g/mol. The molecule has 0 bridgehead atoms. The van der Waals surface area contributed by atoms with Crippen LogP contribution >= 0.6 is 11.8 Å². The van der Waals surface area contributed by atoms with Gasteiger partial charge in [-0.2, -0.15) is 0 Å². The number of carbonyl (C=O) groups excluding carboxylic acids is 1. The molecule has 2 aliphatic heterocycles. The first kappa shape index (κ1) is 28.6. The summed E-state index contributed by atoms with van der Waals surface area (Å²) in [7, 11) is -5.58. The minimum Gasteiger partial charge on any atom is -0.414 e. The zero-order valence-electron chi connectivity index (χ0n) is 23.3. The second-order valence-corrected chi connectivity index (χ2v) is 21.5. The normalized spacial score (nSPS) is 27.7. The minimum absolute atomic E-state index is 0.0141. The lowest BCUT2D eigenvalue weighted by Gasteiger charge is -2.51. The smallest absolute Gasteiger partial charge is 0.335 e. The van der Waals surface area contributed by atoms with E-state index in [9.17, 15) is 4.79 Å². The Labute approximate surface area is 225 Å². The molecule has 2 aliphatic rings. The molecule has 0 saturated carbocycles. The van der Waals surface area contributed by atoms with Crippen molar-refractivity contribution >= 4 is 51.0 Å². The van der Waals surface area contributed by atoms with Gasteiger partial charge in [0.1, 0.15) is 17.9 Å². The molecule has 4 rings (SSSR count). The lowest BCUT2D eigenvalue weighted by atomic mass is 10.2. The van der Waals surface area contributed by atoms with E-state index in [1.54, 1.807) is 13.3 Å². The van der Waals surface area contributed by atoms with Crippen LogP contribution in [0.2, 0.25) is 22.2 Å². The summed E-state index contributed by atoms with van der Waals surface area (Å²) in [5, 5.41) is -0.361. The maximum absolute atomic E-state index is 12.5. The van der Waals surface area contributed by atoms with Crippen molar-refractivity contribution in [3.05, 3.63) is 12.7 Å². The summed E-state index contributed by atoms with van der Waals surface area (Å²) in [6.45, 7) is 19.4. The third-order valence-electron chi connectivity index (χ3n) is 7.58. The van der Waals surface area contributed by atoms with Crippen LogP contribution in [0, 0.1) is 0 Å². The van der Waals surface area contributed by atoms with Crippen LogP contribution in [0.4, 0.5) is 5.82 Å². The number of thioether (sulfide) groups is 1. The Morgan fingerprint density at radius 3 is 2.22 bits per heavy atom. The van der Waals surface area contributed by atoms with Gasteiger partial charge >= 0.3 is 17.1 Å². The maximum Gasteiger partial charge on any atom is 0.335 e. The Balaban J connectivity index is 1.84. The minimum atomic E-state index is -2.88. The molecule has 4 unspecified atom stereocenters. The van der Waals surface area contributed by atoms with Crippen molar-refractivity contribution in [2.45, 2.75) is 108 Å². The van der Waals surface area contributed by atoms with E-state index in [4.69, 9.17) is 23.4 Å². The number of ether oxygens (including phenoxy) is 1. The Morgan fingerprint density at radius 1 is 1.03 bits per heavy atom. The summed E-state index contributed by atoms with van der Waals surface area (Å²) in [5.41, 5.74) is 7.91. The highest BCUT2D eigenvalue weighted by atomic mass is 32.2. The molecule has 37 heavy (non-hydrogen) atoms. The molecular weight excluding hydrogens is 527 g/mol. The van der Waals surface area contributed by atoms with Crippen LogP contribution in [0.1, 0.15) is 68.5 Å². The van der Waals surface area contributed by atoms with Crippen molar-refractivity contribution < 1.29 is 22.5 Å². The molecule has 0 radical (unpaired) electrons. The third kappa shape index (κ3) is 4.92. The number of hydrogen-bond acceptors (Lipinski definition) is 10. The molecule has 10 nitrogen and oxygen atoms in total. The molecule has 2 aromatic rings. The van der Waals surface area contributed by atoms with E-state index in [-0.39, 0.29) is 38.6 Å². The molecule has 2 N–H and O–H groups in total. The van der Waals surface area contributed by atoms with E-state index < -0.39 is 29.5 Å². The lowest BCUT2D eigenvalue weighted by molar-refractivity contribution is -0.109. The topological polar surface area (TPSA) is 124 Å². The molecule has 2 aromatic heterocycles. The average molecular weight is 568 g/mol. The Morgan fingerprint density at radius 2 is 1.65 bits per heavy atom. The Kier molecular flexibility index (Phi) is 8.26. The van der Waals surface area contributed by atoms with Gasteiger partial charge in [0.15, 0.2) is 22.8 Å². The summed E-state index contributed by atoms with van der Waals surface area (Å²) in [6.07, 6.45) is 1.73. The standard InChI is InChI=1S/C24H41N5O5SSi2/c1-13(2)36(14(3)4)31-10-18-20(33-37(34-36,15(5)6)16(7)8)21(35-17(9)30)24(32-18)29-12-28-19-22(25)26-11-27-23(19)29/h11-16,18,20-21,24H,10H2,1-9H3,(H2,25,26,27). The molecule has 206 valence electrons. The number of carbonyl (C=O) groups is 1. The maximum atomic E-state index is 12.5. The zero-order chi connectivity index (χ0) is 27.3. The van der Waals surface area contributed by atoms with Crippen LogP contribution < -0.4 is 5.73 Å². The molecule has 4 atom stereocenters. The van der Waals surface area contributed by atoms with E-state index in [2.05, 4.69) is 70.3 Å². The fraction of sp³-hybridized carbons (Fsp3) is 0.750. The molecule has 0 aromatic carbocycles. The number of hydrogen-bond donors (Lipinski definition) is 1. The van der Waals surface area contributed by atoms with Crippen molar-refractivity contribution in [1.82, 2.24) is 19.5 Å². The van der Waals surface area contributed by atoms with Crippen LogP contribution in [-0.2, 0) is 22.5 Å². The summed E-state index contributed by atoms with van der Waals surface area (Å²) in [6, 6.07) is 0. The molecule has 2 fully saturated rings. The summed E-state index contributed by atoms with van der Waals surface area (Å²) in [4.78, 5) is 25.4. The first-order chi connectivity index (χ1) is 17.3. The van der Waals surface area contributed by atoms with E-state index in [0.29, 0.717) is 23.6 Å². The second kappa shape index (κ2) is 10.7. The van der Waals surface area contributed by atoms with Crippen molar-refractivity contribution in [2.24, 2.45) is 0 Å². The van der Waals surface area contributed by atoms with Gasteiger partial charge in [-0.1, -0.05) is 67.2 Å². The van der Waals surface area contributed by atoms with Crippen LogP contribution in [0.25, 0.3) is 11.2 Å². The molecule has 13 heteroatoms. The van der Waals surface area contributed by atoms with Gasteiger partial charge in [0.05, 0.1) is 24.3 Å². The van der Waals surface area contributed by atoms with Gasteiger partial charge in [-0.3, -0.25) is 9.36 Å². The average Bonchev–Trinajstić information content (AvgIpc) is 3.35. The van der Waals surface area contributed by atoms with Gasteiger partial charge < -0.3 is 23.4 Å². The van der Waals surface area contributed by atoms with Crippen molar-refractivity contribution in [3.8, 4) is 0 Å². The number of fused-ring (bicyclic) bond motifs is 2.